The normalized spacial score (nSPS) is 10.5. The minimum Gasteiger partial charge on any atom is -0.478 e. The van der Waals surface area contributed by atoms with Crippen molar-refractivity contribution >= 4 is 29.3 Å². The van der Waals surface area contributed by atoms with E-state index in [4.69, 9.17) is 16.7 Å². The Morgan fingerprint density at radius 2 is 2.00 bits per heavy atom. The van der Waals surface area contributed by atoms with Crippen LogP contribution in [0.5, 0.6) is 0 Å². The van der Waals surface area contributed by atoms with Crippen LogP contribution < -0.4 is 0 Å². The Morgan fingerprint density at radius 3 is 2.65 bits per heavy atom. The zero-order valence-electron chi connectivity index (χ0n) is 11.1. The van der Waals surface area contributed by atoms with Crippen molar-refractivity contribution in [2.75, 3.05) is 0 Å². The number of carboxylic acids is 1. The van der Waals surface area contributed by atoms with Gasteiger partial charge in [-0.15, -0.1) is 0 Å². The molecule has 0 fully saturated rings. The largest absolute Gasteiger partial charge is 0.478 e. The Hall–Kier alpha value is -1.45. The van der Waals surface area contributed by atoms with E-state index in [2.05, 4.69) is 31.2 Å². The van der Waals surface area contributed by atoms with Crippen LogP contribution in [-0.4, -0.2) is 11.1 Å². The van der Waals surface area contributed by atoms with Gasteiger partial charge in [0.2, 0.25) is 0 Å². The lowest BCUT2D eigenvalue weighted by molar-refractivity contribution is 0.0697. The predicted molar refractivity (Wildman–Crippen MR) is 84.6 cm³/mol. The predicted octanol–water partition coefficient (Wildman–Crippen LogP) is 4.78. The molecule has 2 nitrogen and oxygen atoms in total. The maximum Gasteiger partial charge on any atom is 0.335 e. The van der Waals surface area contributed by atoms with Gasteiger partial charge in [0, 0.05) is 16.5 Å². The van der Waals surface area contributed by atoms with Crippen LogP contribution in [0, 0.1) is 6.92 Å². The van der Waals surface area contributed by atoms with Crippen molar-refractivity contribution in [1.82, 2.24) is 0 Å². The molecule has 0 heterocycles. The minimum absolute atomic E-state index is 0.224. The quantitative estimate of drug-likeness (QED) is 0.863. The fourth-order valence-electron chi connectivity index (χ4n) is 1.88. The van der Waals surface area contributed by atoms with Crippen molar-refractivity contribution in [2.24, 2.45) is 0 Å². The second-order valence-electron chi connectivity index (χ2n) is 4.59. The van der Waals surface area contributed by atoms with Crippen LogP contribution in [0.2, 0.25) is 5.02 Å². The van der Waals surface area contributed by atoms with Crippen LogP contribution in [-0.2, 0) is 11.5 Å². The van der Waals surface area contributed by atoms with Gasteiger partial charge in [-0.05, 0) is 30.2 Å². The van der Waals surface area contributed by atoms with E-state index in [0.717, 1.165) is 17.1 Å². The van der Waals surface area contributed by atoms with E-state index in [9.17, 15) is 4.79 Å². The highest BCUT2D eigenvalue weighted by atomic mass is 35.5. The van der Waals surface area contributed by atoms with Crippen LogP contribution in [0.1, 0.15) is 27.0 Å². The molecule has 2 aromatic rings. The van der Waals surface area contributed by atoms with Crippen molar-refractivity contribution in [3.63, 3.8) is 0 Å². The minimum atomic E-state index is -0.953. The van der Waals surface area contributed by atoms with Crippen LogP contribution in [0.15, 0.2) is 42.5 Å². The first kappa shape index (κ1) is 14.9. The summed E-state index contributed by atoms with van der Waals surface area (Å²) in [6.45, 7) is 2.08. The standard InChI is InChI=1S/C16H15ClO2S/c1-11-3-2-4-12(7-11)9-20-10-14-6-5-13(16(18)19)8-15(14)17/h2-8H,9-10H2,1H3,(H,18,19). The lowest BCUT2D eigenvalue weighted by Crippen LogP contribution is -1.96. The molecule has 0 unspecified atom stereocenters. The number of aryl methyl sites for hydroxylation is 1. The van der Waals surface area contributed by atoms with Crippen LogP contribution >= 0.6 is 23.4 Å². The van der Waals surface area contributed by atoms with Gasteiger partial charge in [0.15, 0.2) is 0 Å². The van der Waals surface area contributed by atoms with Crippen LogP contribution in [0.3, 0.4) is 0 Å². The zero-order chi connectivity index (χ0) is 14.5. The Bertz CT molecular complexity index is 626. The Balaban J connectivity index is 1.96. The third-order valence-electron chi connectivity index (χ3n) is 2.91. The fourth-order valence-corrected chi connectivity index (χ4v) is 3.19. The summed E-state index contributed by atoms with van der Waals surface area (Å²) >= 11 is 7.87. The molecule has 0 radical (unpaired) electrons. The van der Waals surface area contributed by atoms with E-state index >= 15 is 0 Å². The van der Waals surface area contributed by atoms with Crippen molar-refractivity contribution < 1.29 is 9.90 Å². The summed E-state index contributed by atoms with van der Waals surface area (Å²) < 4.78 is 0. The SMILES string of the molecule is Cc1cccc(CSCc2ccc(C(=O)O)cc2Cl)c1. The van der Waals surface area contributed by atoms with Gasteiger partial charge < -0.3 is 5.11 Å². The Labute approximate surface area is 127 Å². The molecule has 20 heavy (non-hydrogen) atoms. The molecule has 0 bridgehead atoms. The summed E-state index contributed by atoms with van der Waals surface area (Å²) in [4.78, 5) is 10.8. The van der Waals surface area contributed by atoms with Gasteiger partial charge in [0.25, 0.3) is 0 Å². The van der Waals surface area contributed by atoms with E-state index in [0.29, 0.717) is 5.02 Å². The lowest BCUT2D eigenvalue weighted by Gasteiger charge is -2.06. The van der Waals surface area contributed by atoms with Gasteiger partial charge in [0.1, 0.15) is 0 Å². The average Bonchev–Trinajstić information content (AvgIpc) is 2.40. The monoisotopic (exact) mass is 306 g/mol. The van der Waals surface area contributed by atoms with Gasteiger partial charge >= 0.3 is 5.97 Å². The molecule has 0 atom stereocenters. The van der Waals surface area contributed by atoms with Crippen molar-refractivity contribution in [1.29, 1.82) is 0 Å². The molecule has 2 rings (SSSR count). The van der Waals surface area contributed by atoms with Crippen LogP contribution in [0.4, 0.5) is 0 Å². The topological polar surface area (TPSA) is 37.3 Å². The van der Waals surface area contributed by atoms with E-state index < -0.39 is 5.97 Å². The molecule has 0 amide bonds. The highest BCUT2D eigenvalue weighted by Crippen LogP contribution is 2.25. The number of carboxylic acid groups (broad SMARTS) is 1. The maximum absolute atomic E-state index is 10.8. The molecule has 0 aliphatic rings. The van der Waals surface area contributed by atoms with Crippen molar-refractivity contribution in [3.05, 3.63) is 69.7 Å². The number of halogens is 1. The first-order valence-corrected chi connectivity index (χ1v) is 7.74. The first-order valence-electron chi connectivity index (χ1n) is 6.21. The van der Waals surface area contributed by atoms with Gasteiger partial charge in [-0.1, -0.05) is 47.5 Å². The molecular formula is C16H15ClO2S. The molecule has 0 saturated heterocycles. The summed E-state index contributed by atoms with van der Waals surface area (Å²) in [7, 11) is 0. The molecule has 0 aliphatic carbocycles. The average molecular weight is 307 g/mol. The summed E-state index contributed by atoms with van der Waals surface area (Å²) in [5, 5.41) is 9.40. The third-order valence-corrected chi connectivity index (χ3v) is 4.31. The van der Waals surface area contributed by atoms with E-state index in [1.165, 1.54) is 17.2 Å². The summed E-state index contributed by atoms with van der Waals surface area (Å²) in [6.07, 6.45) is 0. The van der Waals surface area contributed by atoms with Gasteiger partial charge in [-0.25, -0.2) is 4.79 Å². The van der Waals surface area contributed by atoms with E-state index in [-0.39, 0.29) is 5.56 Å². The molecule has 2 aromatic carbocycles. The molecule has 0 spiro atoms. The number of hydrogen-bond acceptors (Lipinski definition) is 2. The number of carbonyl (C=O) groups is 1. The second kappa shape index (κ2) is 6.82. The summed E-state index contributed by atoms with van der Waals surface area (Å²) in [6, 6.07) is 13.3. The molecule has 1 N–H and O–H groups in total. The van der Waals surface area contributed by atoms with Crippen molar-refractivity contribution in [3.8, 4) is 0 Å². The lowest BCUT2D eigenvalue weighted by atomic mass is 10.1. The number of hydrogen-bond donors (Lipinski definition) is 1. The zero-order valence-corrected chi connectivity index (χ0v) is 12.7. The fraction of sp³-hybridized carbons (Fsp3) is 0.188. The van der Waals surface area contributed by atoms with Crippen molar-refractivity contribution in [2.45, 2.75) is 18.4 Å². The van der Waals surface area contributed by atoms with Gasteiger partial charge in [-0.2, -0.15) is 11.8 Å². The third kappa shape index (κ3) is 4.02. The number of aromatic carboxylic acids is 1. The Kier molecular flexibility index (Phi) is 5.10. The molecule has 4 heteroatoms. The number of benzene rings is 2. The van der Waals surface area contributed by atoms with Crippen LogP contribution in [0.25, 0.3) is 0 Å². The highest BCUT2D eigenvalue weighted by Gasteiger charge is 2.07. The van der Waals surface area contributed by atoms with E-state index in [1.807, 2.05) is 0 Å². The molecule has 0 aromatic heterocycles. The van der Waals surface area contributed by atoms with Gasteiger partial charge in [0.05, 0.1) is 5.56 Å². The molecular weight excluding hydrogens is 292 g/mol. The smallest absolute Gasteiger partial charge is 0.335 e. The second-order valence-corrected chi connectivity index (χ2v) is 5.99. The number of rotatable bonds is 5. The molecule has 0 saturated carbocycles. The summed E-state index contributed by atoms with van der Waals surface area (Å²) in [5.74, 6) is 0.733. The first-order chi connectivity index (χ1) is 9.56. The summed E-state index contributed by atoms with van der Waals surface area (Å²) in [5.41, 5.74) is 3.73. The molecule has 0 aliphatic heterocycles. The maximum atomic E-state index is 10.8. The van der Waals surface area contributed by atoms with Gasteiger partial charge in [-0.3, -0.25) is 0 Å². The van der Waals surface area contributed by atoms with E-state index in [1.54, 1.807) is 23.9 Å². The molecule has 104 valence electrons. The number of thioether (sulfide) groups is 1. The Morgan fingerprint density at radius 1 is 1.20 bits per heavy atom. The highest BCUT2D eigenvalue weighted by molar-refractivity contribution is 7.97.